The van der Waals surface area contributed by atoms with E-state index in [9.17, 15) is 22.4 Å². The van der Waals surface area contributed by atoms with E-state index in [4.69, 9.17) is 0 Å². The van der Waals surface area contributed by atoms with Crippen LogP contribution >= 0.6 is 0 Å². The topological polar surface area (TPSA) is 108 Å². The lowest BCUT2D eigenvalue weighted by atomic mass is 10.2. The van der Waals surface area contributed by atoms with Gasteiger partial charge in [0, 0.05) is 18.8 Å². The minimum Gasteiger partial charge on any atom is -0.376 e. The number of carbonyl (C=O) groups excluding carboxylic acids is 2. The average molecular weight is 449 g/mol. The molecule has 31 heavy (non-hydrogen) atoms. The number of urea groups is 1. The summed E-state index contributed by atoms with van der Waals surface area (Å²) in [7, 11) is -3.61. The zero-order valence-corrected chi connectivity index (χ0v) is 17.8. The van der Waals surface area contributed by atoms with Gasteiger partial charge in [-0.3, -0.25) is 10.1 Å². The number of para-hydroxylation sites is 1. The molecule has 1 fully saturated rings. The van der Waals surface area contributed by atoms with Crippen LogP contribution in [-0.4, -0.2) is 44.3 Å². The minimum absolute atomic E-state index is 0.0489. The predicted molar refractivity (Wildman–Crippen MR) is 116 cm³/mol. The number of benzene rings is 2. The van der Waals surface area contributed by atoms with E-state index in [1.807, 2.05) is 0 Å². The summed E-state index contributed by atoms with van der Waals surface area (Å²) >= 11 is 0. The van der Waals surface area contributed by atoms with Gasteiger partial charge < -0.3 is 10.6 Å². The van der Waals surface area contributed by atoms with E-state index >= 15 is 0 Å². The molecule has 3 amide bonds. The number of carbonyl (C=O) groups is 2. The van der Waals surface area contributed by atoms with Crippen molar-refractivity contribution in [3.05, 3.63) is 54.3 Å². The molecule has 2 aromatic rings. The summed E-state index contributed by atoms with van der Waals surface area (Å²) < 4.78 is 40.9. The van der Waals surface area contributed by atoms with Crippen LogP contribution < -0.4 is 16.0 Å². The van der Waals surface area contributed by atoms with Crippen LogP contribution in [0.2, 0.25) is 0 Å². The van der Waals surface area contributed by atoms with Crippen molar-refractivity contribution < 1.29 is 22.4 Å². The summed E-state index contributed by atoms with van der Waals surface area (Å²) in [4.78, 5) is 24.0. The molecular formula is C21H25FN4O4S. The Morgan fingerprint density at radius 1 is 0.968 bits per heavy atom. The second-order valence-electron chi connectivity index (χ2n) is 7.18. The summed E-state index contributed by atoms with van der Waals surface area (Å²) in [6.45, 7) is 0.733. The number of hydrogen-bond donors (Lipinski definition) is 3. The number of anilines is 2. The molecule has 10 heteroatoms. The standard InChI is InChI=1S/C21H25FN4O4S/c22-18-10-3-4-11-19(18)24-21(28)25-20(27)15-23-16-8-7-9-17(14-16)31(29,30)26-12-5-1-2-6-13-26/h3-4,7-11,14,23H,1-2,5-6,12-13,15H2,(H2,24,25,27,28). The lowest BCUT2D eigenvalue weighted by molar-refractivity contribution is -0.118. The number of imide groups is 1. The highest BCUT2D eigenvalue weighted by molar-refractivity contribution is 7.89. The van der Waals surface area contributed by atoms with Gasteiger partial charge in [-0.25, -0.2) is 17.6 Å². The Morgan fingerprint density at radius 3 is 2.39 bits per heavy atom. The van der Waals surface area contributed by atoms with Gasteiger partial charge in [0.1, 0.15) is 5.82 Å². The molecule has 0 unspecified atom stereocenters. The van der Waals surface area contributed by atoms with Crippen molar-refractivity contribution in [3.63, 3.8) is 0 Å². The Bertz CT molecular complexity index is 1040. The zero-order chi connectivity index (χ0) is 22.3. The maximum absolute atomic E-state index is 13.6. The first kappa shape index (κ1) is 22.7. The Morgan fingerprint density at radius 2 is 1.68 bits per heavy atom. The largest absolute Gasteiger partial charge is 0.376 e. The number of sulfonamides is 1. The van der Waals surface area contributed by atoms with Crippen molar-refractivity contribution in [1.82, 2.24) is 9.62 Å². The van der Waals surface area contributed by atoms with Crippen molar-refractivity contribution in [1.29, 1.82) is 0 Å². The lowest BCUT2D eigenvalue weighted by Gasteiger charge is -2.20. The highest BCUT2D eigenvalue weighted by atomic mass is 32.2. The fourth-order valence-corrected chi connectivity index (χ4v) is 4.83. The monoisotopic (exact) mass is 448 g/mol. The molecule has 0 aromatic heterocycles. The SMILES string of the molecule is O=C(CNc1cccc(S(=O)(=O)N2CCCCCC2)c1)NC(=O)Nc1ccccc1F. The van der Waals surface area contributed by atoms with Crippen LogP contribution in [0.5, 0.6) is 0 Å². The molecule has 3 N–H and O–H groups in total. The van der Waals surface area contributed by atoms with Crippen LogP contribution in [0.3, 0.4) is 0 Å². The van der Waals surface area contributed by atoms with Crippen LogP contribution in [-0.2, 0) is 14.8 Å². The number of halogens is 1. The molecule has 0 atom stereocenters. The van der Waals surface area contributed by atoms with Gasteiger partial charge in [0.2, 0.25) is 15.9 Å². The highest BCUT2D eigenvalue weighted by Gasteiger charge is 2.25. The molecule has 0 spiro atoms. The van der Waals surface area contributed by atoms with Crippen LogP contribution in [0.4, 0.5) is 20.6 Å². The summed E-state index contributed by atoms with van der Waals surface area (Å²) in [5.41, 5.74) is 0.382. The first-order chi connectivity index (χ1) is 14.9. The number of nitrogens with zero attached hydrogens (tertiary/aromatic N) is 1. The normalized spacial score (nSPS) is 15.0. The smallest absolute Gasteiger partial charge is 0.326 e. The third-order valence-electron chi connectivity index (χ3n) is 4.86. The highest BCUT2D eigenvalue weighted by Crippen LogP contribution is 2.22. The molecule has 0 radical (unpaired) electrons. The van der Waals surface area contributed by atoms with Gasteiger partial charge in [-0.1, -0.05) is 31.0 Å². The summed E-state index contributed by atoms with van der Waals surface area (Å²) in [6.07, 6.45) is 3.72. The Kier molecular flexibility index (Phi) is 7.59. The zero-order valence-electron chi connectivity index (χ0n) is 16.9. The number of nitrogens with one attached hydrogen (secondary N) is 3. The second kappa shape index (κ2) is 10.4. The van der Waals surface area contributed by atoms with Crippen molar-refractivity contribution in [2.45, 2.75) is 30.6 Å². The maximum atomic E-state index is 13.6. The molecule has 1 aliphatic rings. The van der Waals surface area contributed by atoms with Gasteiger partial charge in [-0.2, -0.15) is 4.31 Å². The Hall–Kier alpha value is -2.98. The molecule has 3 rings (SSSR count). The van der Waals surface area contributed by atoms with Crippen molar-refractivity contribution >= 4 is 33.3 Å². The Labute approximate surface area is 180 Å². The quantitative estimate of drug-likeness (QED) is 0.629. The van der Waals surface area contributed by atoms with Gasteiger partial charge in [0.25, 0.3) is 0 Å². The van der Waals surface area contributed by atoms with Gasteiger partial charge in [-0.15, -0.1) is 0 Å². The molecule has 0 saturated carbocycles. The first-order valence-corrected chi connectivity index (χ1v) is 11.5. The van der Waals surface area contributed by atoms with E-state index < -0.39 is 27.8 Å². The van der Waals surface area contributed by atoms with E-state index in [1.54, 1.807) is 18.2 Å². The van der Waals surface area contributed by atoms with Gasteiger partial charge in [0.05, 0.1) is 17.1 Å². The van der Waals surface area contributed by atoms with Crippen molar-refractivity contribution in [2.75, 3.05) is 30.3 Å². The summed E-state index contributed by atoms with van der Waals surface area (Å²) in [5.74, 6) is -1.28. The lowest BCUT2D eigenvalue weighted by Crippen LogP contribution is -2.38. The number of rotatable bonds is 6. The molecule has 8 nitrogen and oxygen atoms in total. The van der Waals surface area contributed by atoms with E-state index in [-0.39, 0.29) is 17.1 Å². The van der Waals surface area contributed by atoms with E-state index in [0.717, 1.165) is 25.7 Å². The van der Waals surface area contributed by atoms with Crippen LogP contribution in [0, 0.1) is 5.82 Å². The third-order valence-corrected chi connectivity index (χ3v) is 6.76. The number of amides is 3. The van der Waals surface area contributed by atoms with Crippen LogP contribution in [0.25, 0.3) is 0 Å². The predicted octanol–water partition coefficient (Wildman–Crippen LogP) is 3.15. The summed E-state index contributed by atoms with van der Waals surface area (Å²) in [6, 6.07) is 10.9. The molecule has 1 saturated heterocycles. The van der Waals surface area contributed by atoms with Gasteiger partial charge in [-0.05, 0) is 43.2 Å². The molecule has 1 heterocycles. The second-order valence-corrected chi connectivity index (χ2v) is 9.12. The van der Waals surface area contributed by atoms with Crippen molar-refractivity contribution in [3.8, 4) is 0 Å². The van der Waals surface area contributed by atoms with Crippen LogP contribution in [0.15, 0.2) is 53.4 Å². The average Bonchev–Trinajstić information content (AvgIpc) is 3.04. The number of hydrogen-bond acceptors (Lipinski definition) is 5. The third kappa shape index (κ3) is 6.25. The molecule has 0 aliphatic carbocycles. The van der Waals surface area contributed by atoms with E-state index in [1.165, 1.54) is 34.6 Å². The maximum Gasteiger partial charge on any atom is 0.326 e. The van der Waals surface area contributed by atoms with Gasteiger partial charge >= 0.3 is 6.03 Å². The van der Waals surface area contributed by atoms with Gasteiger partial charge in [0.15, 0.2) is 0 Å². The summed E-state index contributed by atoms with van der Waals surface area (Å²) in [5, 5.41) is 7.14. The fraction of sp³-hybridized carbons (Fsp3) is 0.333. The van der Waals surface area contributed by atoms with Crippen LogP contribution in [0.1, 0.15) is 25.7 Å². The molecular weight excluding hydrogens is 423 g/mol. The van der Waals surface area contributed by atoms with E-state index in [2.05, 4.69) is 16.0 Å². The molecule has 166 valence electrons. The molecule has 1 aliphatic heterocycles. The minimum atomic E-state index is -3.61. The molecule has 0 bridgehead atoms. The Balaban J connectivity index is 1.56. The molecule has 2 aromatic carbocycles. The van der Waals surface area contributed by atoms with E-state index in [0.29, 0.717) is 18.8 Å². The fourth-order valence-electron chi connectivity index (χ4n) is 3.27. The van der Waals surface area contributed by atoms with Crippen molar-refractivity contribution in [2.24, 2.45) is 0 Å². The first-order valence-electron chi connectivity index (χ1n) is 10.1.